The van der Waals surface area contributed by atoms with Crippen LogP contribution in [0.3, 0.4) is 0 Å². The van der Waals surface area contributed by atoms with Gasteiger partial charge in [0.2, 0.25) is 5.54 Å². The number of nitrogens with zero attached hydrogens (tertiary/aromatic N) is 1. The largest absolute Gasteiger partial charge is 0.481 e. The van der Waals surface area contributed by atoms with Crippen LogP contribution in [0.5, 0.6) is 0 Å². The summed E-state index contributed by atoms with van der Waals surface area (Å²) in [6, 6.07) is 14.2. The Morgan fingerprint density at radius 3 is 2.17 bits per heavy atom. The van der Waals surface area contributed by atoms with E-state index in [1.54, 1.807) is 5.32 Å². The number of alkyl carbamates (subject to hydrolysis) is 1. The first-order chi connectivity index (χ1) is 16.5. The van der Waals surface area contributed by atoms with Crippen LogP contribution in [0.15, 0.2) is 48.5 Å². The summed E-state index contributed by atoms with van der Waals surface area (Å²) in [5.41, 5.74) is 0.447. The topological polar surface area (TPSA) is 95.9 Å². The highest BCUT2D eigenvalue weighted by molar-refractivity contribution is 5.91. The van der Waals surface area contributed by atoms with Gasteiger partial charge < -0.3 is 14.7 Å². The third-order valence-corrected chi connectivity index (χ3v) is 6.74. The summed E-state index contributed by atoms with van der Waals surface area (Å²) >= 11 is 0. The molecular formula is C25H25F3N2O5. The van der Waals surface area contributed by atoms with Gasteiger partial charge in [-0.05, 0) is 42.0 Å². The summed E-state index contributed by atoms with van der Waals surface area (Å²) in [4.78, 5) is 37.5. The van der Waals surface area contributed by atoms with E-state index in [-0.39, 0.29) is 25.5 Å². The van der Waals surface area contributed by atoms with E-state index in [0.29, 0.717) is 13.3 Å². The van der Waals surface area contributed by atoms with Crippen molar-refractivity contribution < 1.29 is 37.4 Å². The van der Waals surface area contributed by atoms with Gasteiger partial charge in [-0.1, -0.05) is 48.5 Å². The van der Waals surface area contributed by atoms with E-state index in [0.717, 1.165) is 27.2 Å². The predicted octanol–water partition coefficient (Wildman–Crippen LogP) is 4.31. The van der Waals surface area contributed by atoms with Crippen molar-refractivity contribution in [3.05, 3.63) is 59.7 Å². The molecule has 2 aromatic carbocycles. The fourth-order valence-electron chi connectivity index (χ4n) is 4.89. The fourth-order valence-corrected chi connectivity index (χ4v) is 4.89. The van der Waals surface area contributed by atoms with Crippen LogP contribution in [-0.2, 0) is 14.3 Å². The first kappa shape index (κ1) is 24.6. The first-order valence-corrected chi connectivity index (χ1v) is 11.3. The molecular weight excluding hydrogens is 465 g/mol. The van der Waals surface area contributed by atoms with Crippen molar-refractivity contribution in [1.82, 2.24) is 10.2 Å². The zero-order valence-electron chi connectivity index (χ0n) is 19.0. The van der Waals surface area contributed by atoms with Gasteiger partial charge in [0.1, 0.15) is 6.61 Å². The van der Waals surface area contributed by atoms with Crippen molar-refractivity contribution in [3.63, 3.8) is 0 Å². The van der Waals surface area contributed by atoms with Crippen LogP contribution in [0.1, 0.15) is 43.2 Å². The van der Waals surface area contributed by atoms with Crippen molar-refractivity contribution in [1.29, 1.82) is 0 Å². The number of aliphatic carboxylic acids is 1. The van der Waals surface area contributed by atoms with Crippen LogP contribution in [0, 0.1) is 0 Å². The predicted molar refractivity (Wildman–Crippen MR) is 120 cm³/mol. The molecule has 1 unspecified atom stereocenters. The van der Waals surface area contributed by atoms with Crippen molar-refractivity contribution in [3.8, 4) is 11.1 Å². The van der Waals surface area contributed by atoms with Crippen LogP contribution in [0.4, 0.5) is 18.0 Å². The molecule has 0 saturated carbocycles. The van der Waals surface area contributed by atoms with Crippen molar-refractivity contribution in [2.75, 3.05) is 13.2 Å². The molecule has 2 aliphatic rings. The molecule has 0 spiro atoms. The highest BCUT2D eigenvalue weighted by Gasteiger charge is 2.60. The normalized spacial score (nSPS) is 19.0. The number of amides is 2. The number of halogens is 3. The number of nitrogens with one attached hydrogen (secondary N) is 1. The maximum absolute atomic E-state index is 14.1. The monoisotopic (exact) mass is 490 g/mol. The van der Waals surface area contributed by atoms with Crippen molar-refractivity contribution in [2.45, 2.75) is 49.9 Å². The molecule has 186 valence electrons. The van der Waals surface area contributed by atoms with E-state index >= 15 is 0 Å². The van der Waals surface area contributed by atoms with Crippen LogP contribution in [-0.4, -0.2) is 58.9 Å². The molecule has 1 heterocycles. The highest BCUT2D eigenvalue weighted by atomic mass is 19.4. The van der Waals surface area contributed by atoms with Gasteiger partial charge in [0.25, 0.3) is 5.91 Å². The van der Waals surface area contributed by atoms with Gasteiger partial charge in [0.05, 0.1) is 6.42 Å². The van der Waals surface area contributed by atoms with E-state index < -0.39 is 42.1 Å². The summed E-state index contributed by atoms with van der Waals surface area (Å²) in [6.07, 6.45) is -6.33. The lowest BCUT2D eigenvalue weighted by Crippen LogP contribution is -2.66. The maximum Gasteiger partial charge on any atom is 0.420 e. The molecule has 0 bridgehead atoms. The van der Waals surface area contributed by atoms with E-state index in [2.05, 4.69) is 0 Å². The van der Waals surface area contributed by atoms with E-state index in [1.807, 2.05) is 48.5 Å². The summed E-state index contributed by atoms with van der Waals surface area (Å²) < 4.78 is 47.4. The quantitative estimate of drug-likeness (QED) is 0.629. The SMILES string of the molecule is CC(NC(=O)OCC1c2ccccc2-c2ccccc21)(C(=O)N1CCC[C@@H]1CC(=O)O)C(F)(F)F. The number of hydrogen-bond donors (Lipinski definition) is 2. The molecule has 1 fully saturated rings. The standard InChI is InChI=1S/C25H25F3N2O5/c1-24(25(26,27)28,22(33)30-12-6-7-15(30)13-21(31)32)29-23(34)35-14-20-18-10-4-2-8-16(18)17-9-3-5-11-19(17)20/h2-5,8-11,15,20H,6-7,12-14H2,1H3,(H,29,34)(H,31,32)/t15-,24?/m1/s1. The minimum absolute atomic E-state index is 0.0190. The second kappa shape index (κ2) is 9.24. The number of likely N-dealkylation sites (tertiary alicyclic amines) is 1. The summed E-state index contributed by atoms with van der Waals surface area (Å²) in [5.74, 6) is -2.98. The third kappa shape index (κ3) is 4.56. The molecule has 2 N–H and O–H groups in total. The molecule has 1 saturated heterocycles. The van der Waals surface area contributed by atoms with Crippen molar-refractivity contribution >= 4 is 18.0 Å². The van der Waals surface area contributed by atoms with Gasteiger partial charge in [0.15, 0.2) is 0 Å². The maximum atomic E-state index is 14.1. The summed E-state index contributed by atoms with van der Waals surface area (Å²) in [5, 5.41) is 10.8. The van der Waals surface area contributed by atoms with Gasteiger partial charge in [-0.25, -0.2) is 4.79 Å². The molecule has 1 aliphatic carbocycles. The molecule has 4 rings (SSSR count). The van der Waals surface area contributed by atoms with Gasteiger partial charge in [-0.2, -0.15) is 13.2 Å². The Bertz CT molecular complexity index is 1110. The van der Waals surface area contributed by atoms with Crippen LogP contribution in [0.2, 0.25) is 0 Å². The molecule has 2 amide bonds. The molecule has 0 radical (unpaired) electrons. The van der Waals surface area contributed by atoms with Gasteiger partial charge in [-0.3, -0.25) is 14.9 Å². The van der Waals surface area contributed by atoms with Gasteiger partial charge in [-0.15, -0.1) is 0 Å². The molecule has 10 heteroatoms. The number of carbonyl (C=O) groups excluding carboxylic acids is 2. The fraction of sp³-hybridized carbons (Fsp3) is 0.400. The number of alkyl halides is 3. The van der Waals surface area contributed by atoms with Gasteiger partial charge >= 0.3 is 18.2 Å². The Kier molecular flexibility index (Phi) is 6.48. The second-order valence-corrected chi connectivity index (χ2v) is 8.97. The molecule has 0 aromatic heterocycles. The number of fused-ring (bicyclic) bond motifs is 3. The smallest absolute Gasteiger partial charge is 0.420 e. The highest BCUT2D eigenvalue weighted by Crippen LogP contribution is 2.44. The Labute approximate surface area is 199 Å². The first-order valence-electron chi connectivity index (χ1n) is 11.3. The Morgan fingerprint density at radius 1 is 1.06 bits per heavy atom. The molecule has 2 aromatic rings. The lowest BCUT2D eigenvalue weighted by atomic mass is 9.98. The molecule has 7 nitrogen and oxygen atoms in total. The van der Waals surface area contributed by atoms with Crippen LogP contribution >= 0.6 is 0 Å². The summed E-state index contributed by atoms with van der Waals surface area (Å²) in [6.45, 7) is 0.342. The Hall–Kier alpha value is -3.56. The average molecular weight is 490 g/mol. The van der Waals surface area contributed by atoms with E-state index in [4.69, 9.17) is 9.84 Å². The van der Waals surface area contributed by atoms with Crippen LogP contribution < -0.4 is 5.32 Å². The molecule has 1 aliphatic heterocycles. The zero-order chi connectivity index (χ0) is 25.4. The minimum Gasteiger partial charge on any atom is -0.481 e. The number of carboxylic acid groups (broad SMARTS) is 1. The average Bonchev–Trinajstić information content (AvgIpc) is 3.38. The minimum atomic E-state index is -5.13. The number of ether oxygens (including phenoxy) is 1. The molecule has 35 heavy (non-hydrogen) atoms. The molecule has 2 atom stereocenters. The van der Waals surface area contributed by atoms with E-state index in [1.165, 1.54) is 0 Å². The number of hydrogen-bond acceptors (Lipinski definition) is 4. The Balaban J connectivity index is 1.50. The van der Waals surface area contributed by atoms with Gasteiger partial charge in [0, 0.05) is 18.5 Å². The number of carbonyl (C=O) groups is 3. The number of benzene rings is 2. The third-order valence-electron chi connectivity index (χ3n) is 6.74. The zero-order valence-corrected chi connectivity index (χ0v) is 19.0. The van der Waals surface area contributed by atoms with Crippen molar-refractivity contribution in [2.24, 2.45) is 0 Å². The summed E-state index contributed by atoms with van der Waals surface area (Å²) in [7, 11) is 0. The number of rotatable bonds is 6. The van der Waals surface area contributed by atoms with E-state index in [9.17, 15) is 27.6 Å². The second-order valence-electron chi connectivity index (χ2n) is 8.97. The lowest BCUT2D eigenvalue weighted by molar-refractivity contribution is -0.200. The number of carboxylic acids is 1. The lowest BCUT2D eigenvalue weighted by Gasteiger charge is -2.36. The Morgan fingerprint density at radius 2 is 1.63 bits per heavy atom. The van der Waals surface area contributed by atoms with Crippen LogP contribution in [0.25, 0.3) is 11.1 Å².